The Hall–Kier alpha value is -1.68. The van der Waals surface area contributed by atoms with Gasteiger partial charge in [0, 0.05) is 24.2 Å². The van der Waals surface area contributed by atoms with Gasteiger partial charge >= 0.3 is 5.97 Å². The molecule has 1 heterocycles. The molecule has 0 aliphatic carbocycles. The number of likely N-dealkylation sites (tertiary alicyclic amines) is 1. The quantitative estimate of drug-likeness (QED) is 0.860. The van der Waals surface area contributed by atoms with E-state index in [1.54, 1.807) is 12.1 Å². The third kappa shape index (κ3) is 4.67. The lowest BCUT2D eigenvalue weighted by Crippen LogP contribution is -2.31. The van der Waals surface area contributed by atoms with Crippen molar-refractivity contribution in [2.24, 2.45) is 0 Å². The molecule has 1 aromatic rings. The molecule has 1 atom stereocenters. The van der Waals surface area contributed by atoms with Gasteiger partial charge in [-0.3, -0.25) is 4.90 Å². The highest BCUT2D eigenvalue weighted by Gasteiger charge is 2.17. The van der Waals surface area contributed by atoms with Crippen molar-refractivity contribution in [2.45, 2.75) is 45.2 Å². The van der Waals surface area contributed by atoms with Gasteiger partial charge in [-0.2, -0.15) is 0 Å². The van der Waals surface area contributed by atoms with Crippen LogP contribution in [0.3, 0.4) is 0 Å². The van der Waals surface area contributed by atoms with E-state index in [2.05, 4.69) is 11.8 Å². The van der Waals surface area contributed by atoms with Crippen molar-refractivity contribution in [2.75, 3.05) is 6.54 Å². The Morgan fingerprint density at radius 3 is 3.00 bits per heavy atom. The lowest BCUT2D eigenvalue weighted by atomic mass is 10.1. The van der Waals surface area contributed by atoms with Gasteiger partial charge in [0.15, 0.2) is 0 Å². The van der Waals surface area contributed by atoms with Crippen LogP contribution >= 0.6 is 0 Å². The van der Waals surface area contributed by atoms with Gasteiger partial charge in [0.2, 0.25) is 0 Å². The van der Waals surface area contributed by atoms with Crippen molar-refractivity contribution in [3.8, 4) is 0 Å². The second-order valence-corrected chi connectivity index (χ2v) is 5.70. The maximum Gasteiger partial charge on any atom is 0.328 e. The van der Waals surface area contributed by atoms with Crippen LogP contribution in [0.4, 0.5) is 4.39 Å². The molecule has 1 N–H and O–H groups in total. The molecule has 0 saturated carbocycles. The van der Waals surface area contributed by atoms with E-state index in [1.165, 1.54) is 37.8 Å². The topological polar surface area (TPSA) is 40.5 Å². The first-order valence-corrected chi connectivity index (χ1v) is 7.50. The molecule has 0 radical (unpaired) electrons. The maximum atomic E-state index is 13.7. The average molecular weight is 291 g/mol. The molecule has 0 spiro atoms. The Morgan fingerprint density at radius 1 is 1.43 bits per heavy atom. The highest BCUT2D eigenvalue weighted by molar-refractivity contribution is 5.85. The van der Waals surface area contributed by atoms with Crippen LogP contribution < -0.4 is 0 Å². The zero-order chi connectivity index (χ0) is 15.2. The van der Waals surface area contributed by atoms with Crippen molar-refractivity contribution in [1.29, 1.82) is 0 Å². The number of halogens is 1. The van der Waals surface area contributed by atoms with Crippen LogP contribution in [0.15, 0.2) is 24.3 Å². The molecule has 114 valence electrons. The fraction of sp³-hybridized carbons (Fsp3) is 0.471. The second kappa shape index (κ2) is 7.36. The fourth-order valence-electron chi connectivity index (χ4n) is 2.78. The van der Waals surface area contributed by atoms with E-state index in [4.69, 9.17) is 5.11 Å². The average Bonchev–Trinajstić information content (AvgIpc) is 2.64. The summed E-state index contributed by atoms with van der Waals surface area (Å²) in [6, 6.07) is 5.48. The molecule has 0 aromatic heterocycles. The Kier molecular flexibility index (Phi) is 5.51. The number of carbonyl (C=O) groups is 1. The van der Waals surface area contributed by atoms with Gasteiger partial charge in [0.1, 0.15) is 5.82 Å². The van der Waals surface area contributed by atoms with Crippen molar-refractivity contribution in [1.82, 2.24) is 4.90 Å². The van der Waals surface area contributed by atoms with E-state index in [0.29, 0.717) is 11.6 Å². The monoisotopic (exact) mass is 291 g/mol. The Morgan fingerprint density at radius 2 is 2.24 bits per heavy atom. The number of hydrogen-bond acceptors (Lipinski definition) is 2. The highest BCUT2D eigenvalue weighted by atomic mass is 19.1. The lowest BCUT2D eigenvalue weighted by molar-refractivity contribution is -0.131. The summed E-state index contributed by atoms with van der Waals surface area (Å²) in [6.07, 6.45) is 7.23. The number of rotatable bonds is 4. The third-order valence-corrected chi connectivity index (χ3v) is 4.04. The third-order valence-electron chi connectivity index (χ3n) is 4.04. The van der Waals surface area contributed by atoms with Crippen LogP contribution in [0.2, 0.25) is 0 Å². The molecule has 2 rings (SSSR count). The Labute approximate surface area is 125 Å². The minimum atomic E-state index is -1.07. The number of nitrogens with zero attached hydrogens (tertiary/aromatic N) is 1. The van der Waals surface area contributed by atoms with Gasteiger partial charge in [0.05, 0.1) is 0 Å². The molecule has 0 amide bonds. The molecule has 1 fully saturated rings. The minimum Gasteiger partial charge on any atom is -0.478 e. The summed E-state index contributed by atoms with van der Waals surface area (Å²) >= 11 is 0. The summed E-state index contributed by atoms with van der Waals surface area (Å²) in [5.74, 6) is -1.46. The fourth-order valence-corrected chi connectivity index (χ4v) is 2.78. The molecule has 1 unspecified atom stereocenters. The smallest absolute Gasteiger partial charge is 0.328 e. The molecule has 1 saturated heterocycles. The van der Waals surface area contributed by atoms with Crippen LogP contribution in [0.25, 0.3) is 6.08 Å². The number of aliphatic carboxylic acids is 1. The van der Waals surface area contributed by atoms with Crippen LogP contribution in [0, 0.1) is 5.82 Å². The molecule has 1 aliphatic heterocycles. The summed E-state index contributed by atoms with van der Waals surface area (Å²) in [4.78, 5) is 13.0. The number of carboxylic acids is 1. The summed E-state index contributed by atoms with van der Waals surface area (Å²) in [5, 5.41) is 8.64. The van der Waals surface area contributed by atoms with Crippen molar-refractivity contribution < 1.29 is 14.3 Å². The lowest BCUT2D eigenvalue weighted by Gasteiger charge is -2.27. The van der Waals surface area contributed by atoms with Gasteiger partial charge < -0.3 is 5.11 Å². The molecule has 1 aromatic carbocycles. The van der Waals surface area contributed by atoms with Crippen LogP contribution in [-0.4, -0.2) is 28.6 Å². The van der Waals surface area contributed by atoms with Gasteiger partial charge in [-0.05, 0) is 50.1 Å². The van der Waals surface area contributed by atoms with Crippen LogP contribution in [-0.2, 0) is 11.3 Å². The molecule has 4 heteroatoms. The Bertz CT molecular complexity index is 528. The zero-order valence-corrected chi connectivity index (χ0v) is 12.4. The minimum absolute atomic E-state index is 0.331. The summed E-state index contributed by atoms with van der Waals surface area (Å²) in [7, 11) is 0. The SMILES string of the molecule is CC1CCCCCN1Cc1ccc(F)c(C=CC(=O)O)c1. The number of carboxylic acid groups (broad SMARTS) is 1. The van der Waals surface area contributed by atoms with Gasteiger partial charge in [-0.1, -0.05) is 18.9 Å². The normalized spacial score (nSPS) is 20.6. The van der Waals surface area contributed by atoms with Crippen LogP contribution in [0.1, 0.15) is 43.7 Å². The standard InChI is InChI=1S/C17H22FNO2/c1-13-5-3-2-4-10-19(13)12-14-6-8-16(18)15(11-14)7-9-17(20)21/h6-9,11,13H,2-5,10,12H2,1H3,(H,20,21). The van der Waals surface area contributed by atoms with E-state index in [0.717, 1.165) is 24.7 Å². The predicted octanol–water partition coefficient (Wildman–Crippen LogP) is 3.69. The molecule has 0 bridgehead atoms. The van der Waals surface area contributed by atoms with Gasteiger partial charge in [-0.15, -0.1) is 0 Å². The molecule has 1 aliphatic rings. The highest BCUT2D eigenvalue weighted by Crippen LogP contribution is 2.20. The van der Waals surface area contributed by atoms with Gasteiger partial charge in [0.25, 0.3) is 0 Å². The summed E-state index contributed by atoms with van der Waals surface area (Å²) < 4.78 is 13.7. The van der Waals surface area contributed by atoms with Crippen molar-refractivity contribution in [3.63, 3.8) is 0 Å². The van der Waals surface area contributed by atoms with E-state index in [1.807, 2.05) is 0 Å². The molecular formula is C17H22FNO2. The maximum absolute atomic E-state index is 13.7. The van der Waals surface area contributed by atoms with E-state index >= 15 is 0 Å². The second-order valence-electron chi connectivity index (χ2n) is 5.70. The van der Waals surface area contributed by atoms with E-state index < -0.39 is 5.97 Å². The van der Waals surface area contributed by atoms with Crippen molar-refractivity contribution >= 4 is 12.0 Å². The first kappa shape index (κ1) is 15.7. The number of hydrogen-bond donors (Lipinski definition) is 1. The molecule has 21 heavy (non-hydrogen) atoms. The zero-order valence-electron chi connectivity index (χ0n) is 12.4. The first-order valence-electron chi connectivity index (χ1n) is 7.50. The summed E-state index contributed by atoms with van der Waals surface area (Å²) in [6.45, 7) is 4.09. The molecular weight excluding hydrogens is 269 g/mol. The number of benzene rings is 1. The first-order chi connectivity index (χ1) is 10.1. The largest absolute Gasteiger partial charge is 0.478 e. The predicted molar refractivity (Wildman–Crippen MR) is 81.4 cm³/mol. The Balaban J connectivity index is 2.12. The summed E-state index contributed by atoms with van der Waals surface area (Å²) in [5.41, 5.74) is 1.35. The molecule has 3 nitrogen and oxygen atoms in total. The van der Waals surface area contributed by atoms with Gasteiger partial charge in [-0.25, -0.2) is 9.18 Å². The van der Waals surface area contributed by atoms with E-state index in [-0.39, 0.29) is 5.82 Å². The van der Waals surface area contributed by atoms with Crippen LogP contribution in [0.5, 0.6) is 0 Å². The van der Waals surface area contributed by atoms with Crippen molar-refractivity contribution in [3.05, 3.63) is 41.2 Å². The van der Waals surface area contributed by atoms with E-state index in [9.17, 15) is 9.18 Å².